The van der Waals surface area contributed by atoms with Crippen LogP contribution >= 0.6 is 0 Å². The van der Waals surface area contributed by atoms with Crippen LogP contribution in [0.3, 0.4) is 0 Å². The van der Waals surface area contributed by atoms with E-state index in [-0.39, 0.29) is 11.9 Å². The molecule has 0 saturated heterocycles. The molecule has 0 N–H and O–H groups in total. The average Bonchev–Trinajstić information content (AvgIpc) is 2.54. The van der Waals surface area contributed by atoms with Crippen LogP contribution in [0.5, 0.6) is 0 Å². The number of carbonyl (C=O) groups excluding carboxylic acids is 2. The van der Waals surface area contributed by atoms with Gasteiger partial charge in [-0.05, 0) is 32.1 Å². The topological polar surface area (TPSA) is 46.6 Å². The van der Waals surface area contributed by atoms with Crippen LogP contribution < -0.4 is 0 Å². The van der Waals surface area contributed by atoms with Crippen molar-refractivity contribution in [2.24, 2.45) is 0 Å². The SMILES string of the molecule is CCCCCCCCC(=O)OCCCCCC(=O)N(C)CCC. The lowest BCUT2D eigenvalue weighted by Gasteiger charge is -2.15. The molecule has 0 bridgehead atoms. The summed E-state index contributed by atoms with van der Waals surface area (Å²) in [5, 5.41) is 0. The Morgan fingerprint density at radius 1 is 0.783 bits per heavy atom. The Hall–Kier alpha value is -1.06. The first-order chi connectivity index (χ1) is 11.1. The van der Waals surface area contributed by atoms with Gasteiger partial charge >= 0.3 is 5.97 Å². The van der Waals surface area contributed by atoms with Gasteiger partial charge in [-0.25, -0.2) is 0 Å². The minimum Gasteiger partial charge on any atom is -0.466 e. The van der Waals surface area contributed by atoms with Gasteiger partial charge in [-0.1, -0.05) is 46.0 Å². The molecule has 0 radical (unpaired) electrons. The molecule has 0 fully saturated rings. The van der Waals surface area contributed by atoms with E-state index in [9.17, 15) is 9.59 Å². The fourth-order valence-corrected chi connectivity index (χ4v) is 2.51. The number of esters is 1. The van der Waals surface area contributed by atoms with Crippen LogP contribution in [0.2, 0.25) is 0 Å². The maximum Gasteiger partial charge on any atom is 0.305 e. The number of unbranched alkanes of at least 4 members (excludes halogenated alkanes) is 7. The number of nitrogens with zero attached hydrogens (tertiary/aromatic N) is 1. The van der Waals surface area contributed by atoms with Crippen molar-refractivity contribution < 1.29 is 14.3 Å². The van der Waals surface area contributed by atoms with E-state index in [2.05, 4.69) is 13.8 Å². The lowest BCUT2D eigenvalue weighted by molar-refractivity contribution is -0.144. The van der Waals surface area contributed by atoms with Crippen molar-refractivity contribution in [3.8, 4) is 0 Å². The summed E-state index contributed by atoms with van der Waals surface area (Å²) >= 11 is 0. The molecule has 0 aromatic heterocycles. The zero-order valence-electron chi connectivity index (χ0n) is 15.6. The fraction of sp³-hybridized carbons (Fsp3) is 0.895. The van der Waals surface area contributed by atoms with Crippen LogP contribution in [-0.2, 0) is 14.3 Å². The lowest BCUT2D eigenvalue weighted by atomic mass is 10.1. The van der Waals surface area contributed by atoms with E-state index < -0.39 is 0 Å². The molecule has 1 amide bonds. The van der Waals surface area contributed by atoms with Crippen LogP contribution in [-0.4, -0.2) is 37.0 Å². The molecular weight excluding hydrogens is 290 g/mol. The molecule has 0 atom stereocenters. The van der Waals surface area contributed by atoms with E-state index in [4.69, 9.17) is 4.74 Å². The summed E-state index contributed by atoms with van der Waals surface area (Å²) in [6.45, 7) is 5.60. The molecule has 0 rings (SSSR count). The van der Waals surface area contributed by atoms with E-state index in [0.29, 0.717) is 19.4 Å². The second-order valence-electron chi connectivity index (χ2n) is 6.36. The van der Waals surface area contributed by atoms with Crippen molar-refractivity contribution in [3.63, 3.8) is 0 Å². The third-order valence-corrected chi connectivity index (χ3v) is 4.02. The van der Waals surface area contributed by atoms with Gasteiger partial charge in [0.15, 0.2) is 0 Å². The normalized spacial score (nSPS) is 10.6. The van der Waals surface area contributed by atoms with E-state index in [1.165, 1.54) is 25.7 Å². The summed E-state index contributed by atoms with van der Waals surface area (Å²) in [5.41, 5.74) is 0. The summed E-state index contributed by atoms with van der Waals surface area (Å²) in [5.74, 6) is 0.145. The van der Waals surface area contributed by atoms with Gasteiger partial charge in [0.1, 0.15) is 0 Å². The highest BCUT2D eigenvalue weighted by atomic mass is 16.5. The smallest absolute Gasteiger partial charge is 0.305 e. The van der Waals surface area contributed by atoms with E-state index in [0.717, 1.165) is 45.1 Å². The zero-order chi connectivity index (χ0) is 17.3. The highest BCUT2D eigenvalue weighted by Crippen LogP contribution is 2.08. The summed E-state index contributed by atoms with van der Waals surface area (Å²) in [4.78, 5) is 25.1. The first kappa shape index (κ1) is 21.9. The van der Waals surface area contributed by atoms with Gasteiger partial charge in [0, 0.05) is 26.4 Å². The van der Waals surface area contributed by atoms with E-state index in [1.807, 2.05) is 7.05 Å². The quantitative estimate of drug-likeness (QED) is 0.323. The van der Waals surface area contributed by atoms with Gasteiger partial charge in [-0.15, -0.1) is 0 Å². The van der Waals surface area contributed by atoms with Crippen molar-refractivity contribution >= 4 is 11.9 Å². The third kappa shape index (κ3) is 14.3. The molecule has 0 aromatic rings. The predicted molar refractivity (Wildman–Crippen MR) is 95.3 cm³/mol. The molecule has 4 nitrogen and oxygen atoms in total. The summed E-state index contributed by atoms with van der Waals surface area (Å²) in [7, 11) is 1.86. The molecule has 136 valence electrons. The molecule has 4 heteroatoms. The van der Waals surface area contributed by atoms with Gasteiger partial charge in [-0.3, -0.25) is 9.59 Å². The minimum absolute atomic E-state index is 0.0701. The van der Waals surface area contributed by atoms with Crippen molar-refractivity contribution in [1.29, 1.82) is 0 Å². The Bertz CT molecular complexity index is 305. The first-order valence-corrected chi connectivity index (χ1v) is 9.51. The zero-order valence-corrected chi connectivity index (χ0v) is 15.6. The predicted octanol–water partition coefficient (Wildman–Crippen LogP) is 4.71. The summed E-state index contributed by atoms with van der Waals surface area (Å²) in [6.07, 6.45) is 11.9. The fourth-order valence-electron chi connectivity index (χ4n) is 2.51. The summed E-state index contributed by atoms with van der Waals surface area (Å²) in [6, 6.07) is 0. The maximum absolute atomic E-state index is 11.7. The standard InChI is InChI=1S/C19H37NO3/c1-4-6-7-8-9-12-15-19(22)23-17-13-10-11-14-18(21)20(3)16-5-2/h4-17H2,1-3H3. The minimum atomic E-state index is -0.0701. The molecule has 0 aromatic carbocycles. The maximum atomic E-state index is 11.7. The van der Waals surface area contributed by atoms with Crippen LogP contribution in [0.25, 0.3) is 0 Å². The van der Waals surface area contributed by atoms with Crippen molar-refractivity contribution in [2.45, 2.75) is 90.9 Å². The second-order valence-corrected chi connectivity index (χ2v) is 6.36. The largest absolute Gasteiger partial charge is 0.466 e. The number of amides is 1. The number of rotatable bonds is 15. The van der Waals surface area contributed by atoms with Crippen LogP contribution in [0.4, 0.5) is 0 Å². The molecule has 0 aliphatic heterocycles. The molecule has 0 aliphatic carbocycles. The van der Waals surface area contributed by atoms with Crippen LogP contribution in [0.1, 0.15) is 90.9 Å². The molecule has 0 saturated carbocycles. The van der Waals surface area contributed by atoms with Gasteiger partial charge in [0.2, 0.25) is 5.91 Å². The van der Waals surface area contributed by atoms with Crippen LogP contribution in [0.15, 0.2) is 0 Å². The summed E-state index contributed by atoms with van der Waals surface area (Å²) < 4.78 is 5.23. The van der Waals surface area contributed by atoms with Gasteiger partial charge < -0.3 is 9.64 Å². The Kier molecular flexibility index (Phi) is 15.1. The Morgan fingerprint density at radius 2 is 1.39 bits per heavy atom. The number of hydrogen-bond acceptors (Lipinski definition) is 3. The Morgan fingerprint density at radius 3 is 2.09 bits per heavy atom. The van der Waals surface area contributed by atoms with Crippen molar-refractivity contribution in [2.75, 3.05) is 20.2 Å². The van der Waals surface area contributed by atoms with Gasteiger partial charge in [0.25, 0.3) is 0 Å². The van der Waals surface area contributed by atoms with E-state index >= 15 is 0 Å². The second kappa shape index (κ2) is 15.8. The number of carbonyl (C=O) groups is 2. The van der Waals surface area contributed by atoms with E-state index in [1.54, 1.807) is 4.90 Å². The Balaban J connectivity index is 3.37. The lowest BCUT2D eigenvalue weighted by Crippen LogP contribution is -2.26. The Labute approximate surface area is 143 Å². The molecule has 0 aliphatic rings. The third-order valence-electron chi connectivity index (χ3n) is 4.02. The number of hydrogen-bond donors (Lipinski definition) is 0. The van der Waals surface area contributed by atoms with Gasteiger partial charge in [-0.2, -0.15) is 0 Å². The molecule has 0 heterocycles. The molecule has 23 heavy (non-hydrogen) atoms. The number of ether oxygens (including phenoxy) is 1. The average molecular weight is 328 g/mol. The molecule has 0 spiro atoms. The highest BCUT2D eigenvalue weighted by Gasteiger charge is 2.07. The highest BCUT2D eigenvalue weighted by molar-refractivity contribution is 5.75. The van der Waals surface area contributed by atoms with Crippen LogP contribution in [0, 0.1) is 0 Å². The van der Waals surface area contributed by atoms with Gasteiger partial charge in [0.05, 0.1) is 6.61 Å². The van der Waals surface area contributed by atoms with Crippen molar-refractivity contribution in [1.82, 2.24) is 4.90 Å². The van der Waals surface area contributed by atoms with Crippen molar-refractivity contribution in [3.05, 3.63) is 0 Å². The monoisotopic (exact) mass is 327 g/mol. The first-order valence-electron chi connectivity index (χ1n) is 9.51. The molecular formula is C19H37NO3. The molecule has 0 unspecified atom stereocenters.